The second-order valence-electron chi connectivity index (χ2n) is 7.96. The maximum Gasteiger partial charge on any atom is 0.295 e. The van der Waals surface area contributed by atoms with E-state index >= 15 is 0 Å². The summed E-state index contributed by atoms with van der Waals surface area (Å²) in [5, 5.41) is 13.3. The van der Waals surface area contributed by atoms with E-state index in [2.05, 4.69) is 13.8 Å². The van der Waals surface area contributed by atoms with Crippen LogP contribution in [0.15, 0.2) is 60.2 Å². The molecule has 1 N–H and O–H groups in total. The normalized spacial score (nSPS) is 17.9. The topological polar surface area (TPSA) is 74.1 Å². The number of nitrogens with one attached hydrogen (secondary N) is 1. The van der Waals surface area contributed by atoms with E-state index in [1.54, 1.807) is 29.2 Å². The highest BCUT2D eigenvalue weighted by Gasteiger charge is 2.44. The number of quaternary nitrogens is 1. The zero-order chi connectivity index (χ0) is 23.1. The summed E-state index contributed by atoms with van der Waals surface area (Å²) < 4.78 is 5.67. The third-order valence-electron chi connectivity index (χ3n) is 5.94. The maximum absolute atomic E-state index is 13.3. The number of nitrogens with zero attached hydrogens (tertiary/aromatic N) is 1. The number of rotatable bonds is 10. The number of ether oxygens (including phenoxy) is 1. The predicted octanol–water partition coefficient (Wildman–Crippen LogP) is 1.62. The van der Waals surface area contributed by atoms with E-state index in [1.807, 2.05) is 37.3 Å². The average Bonchev–Trinajstić information content (AvgIpc) is 3.08. The Morgan fingerprint density at radius 1 is 1.00 bits per heavy atom. The van der Waals surface area contributed by atoms with Gasteiger partial charge < -0.3 is 19.6 Å². The van der Waals surface area contributed by atoms with Crippen LogP contribution in [0.4, 0.5) is 0 Å². The van der Waals surface area contributed by atoms with E-state index in [0.717, 1.165) is 30.8 Å². The Morgan fingerprint density at radius 2 is 1.66 bits per heavy atom. The molecule has 32 heavy (non-hydrogen) atoms. The maximum atomic E-state index is 13.3. The number of benzene rings is 2. The Morgan fingerprint density at radius 3 is 2.25 bits per heavy atom. The number of amides is 1. The summed E-state index contributed by atoms with van der Waals surface area (Å²) in [5.74, 6) is -0.976. The predicted molar refractivity (Wildman–Crippen MR) is 122 cm³/mol. The largest absolute Gasteiger partial charge is 0.872 e. The van der Waals surface area contributed by atoms with Crippen molar-refractivity contribution >= 4 is 17.4 Å². The van der Waals surface area contributed by atoms with Crippen LogP contribution < -0.4 is 14.7 Å². The molecule has 2 aromatic carbocycles. The second kappa shape index (κ2) is 11.0. The van der Waals surface area contributed by atoms with Crippen LogP contribution in [0.25, 0.3) is 5.76 Å². The first kappa shape index (κ1) is 23.5. The van der Waals surface area contributed by atoms with Crippen molar-refractivity contribution in [1.82, 2.24) is 4.90 Å². The van der Waals surface area contributed by atoms with E-state index < -0.39 is 23.5 Å². The molecule has 0 aromatic heterocycles. The lowest BCUT2D eigenvalue weighted by atomic mass is 9.95. The van der Waals surface area contributed by atoms with E-state index in [4.69, 9.17) is 4.74 Å². The molecule has 1 aliphatic rings. The van der Waals surface area contributed by atoms with Crippen LogP contribution in [-0.4, -0.2) is 49.4 Å². The van der Waals surface area contributed by atoms with Gasteiger partial charge in [0.1, 0.15) is 5.75 Å². The molecule has 1 unspecified atom stereocenters. The number of carbonyl (C=O) groups is 2. The molecule has 6 heteroatoms. The van der Waals surface area contributed by atoms with Gasteiger partial charge in [-0.1, -0.05) is 55.1 Å². The zero-order valence-electron chi connectivity index (χ0n) is 19.1. The van der Waals surface area contributed by atoms with Crippen LogP contribution in [0.1, 0.15) is 44.4 Å². The van der Waals surface area contributed by atoms with Gasteiger partial charge in [-0.2, -0.15) is 0 Å². The summed E-state index contributed by atoms with van der Waals surface area (Å²) in [6.07, 6.45) is 0.901. The van der Waals surface area contributed by atoms with Crippen LogP contribution in [0, 0.1) is 0 Å². The van der Waals surface area contributed by atoms with Crippen molar-refractivity contribution in [3.05, 3.63) is 71.3 Å². The number of likely N-dealkylation sites (tertiary alicyclic amines) is 1. The minimum Gasteiger partial charge on any atom is -0.872 e. The van der Waals surface area contributed by atoms with E-state index in [1.165, 1.54) is 4.90 Å². The van der Waals surface area contributed by atoms with Crippen LogP contribution in [-0.2, 0) is 9.59 Å². The van der Waals surface area contributed by atoms with Gasteiger partial charge in [-0.05, 0) is 43.5 Å². The first-order valence-corrected chi connectivity index (χ1v) is 11.4. The lowest BCUT2D eigenvalue weighted by molar-refractivity contribution is -0.895. The summed E-state index contributed by atoms with van der Waals surface area (Å²) in [7, 11) is 0. The van der Waals surface area contributed by atoms with Crippen molar-refractivity contribution in [2.75, 3.05) is 32.8 Å². The summed E-state index contributed by atoms with van der Waals surface area (Å²) in [4.78, 5) is 28.9. The fraction of sp³-hybridized carbons (Fsp3) is 0.385. The summed E-state index contributed by atoms with van der Waals surface area (Å²) in [6, 6.07) is 15.3. The lowest BCUT2D eigenvalue weighted by Gasteiger charge is -2.28. The van der Waals surface area contributed by atoms with Crippen LogP contribution in [0.2, 0.25) is 0 Å². The summed E-state index contributed by atoms with van der Waals surface area (Å²) in [5.41, 5.74) is 1.17. The number of ketones is 1. The fourth-order valence-corrected chi connectivity index (χ4v) is 4.04. The molecule has 0 aliphatic carbocycles. The average molecular weight is 437 g/mol. The lowest BCUT2D eigenvalue weighted by Crippen LogP contribution is -3.12. The Labute approximate surface area is 190 Å². The molecule has 1 amide bonds. The number of hydrogen-bond donors (Lipinski definition) is 1. The van der Waals surface area contributed by atoms with Gasteiger partial charge in [-0.25, -0.2) is 0 Å². The SMILES string of the molecule is CCCOc1ccc(C2C(=C([O-])c3ccccc3)C(=O)C(=O)N2CC[NH+](CC)CC)cc1. The van der Waals surface area contributed by atoms with Gasteiger partial charge in [0.05, 0.1) is 38.8 Å². The molecular formula is C26H32N2O4. The van der Waals surface area contributed by atoms with E-state index in [9.17, 15) is 14.7 Å². The van der Waals surface area contributed by atoms with Crippen molar-refractivity contribution < 1.29 is 24.3 Å². The monoisotopic (exact) mass is 436 g/mol. The van der Waals surface area contributed by atoms with Crippen molar-refractivity contribution in [3.8, 4) is 5.75 Å². The minimum absolute atomic E-state index is 0.0259. The Kier molecular flexibility index (Phi) is 8.06. The molecule has 1 heterocycles. The molecule has 3 rings (SSSR count). The third-order valence-corrected chi connectivity index (χ3v) is 5.94. The number of Topliss-reactive ketones (excluding diaryl/α,β-unsaturated/α-hetero) is 1. The van der Waals surface area contributed by atoms with Crippen molar-refractivity contribution in [1.29, 1.82) is 0 Å². The van der Waals surface area contributed by atoms with E-state index in [-0.39, 0.29) is 5.57 Å². The quantitative estimate of drug-likeness (QED) is 0.349. The minimum atomic E-state index is -0.704. The molecule has 1 aliphatic heterocycles. The molecule has 0 saturated carbocycles. The van der Waals surface area contributed by atoms with Gasteiger partial charge in [0.15, 0.2) is 0 Å². The van der Waals surface area contributed by atoms with Crippen molar-refractivity contribution in [3.63, 3.8) is 0 Å². The van der Waals surface area contributed by atoms with Gasteiger partial charge in [0.25, 0.3) is 5.91 Å². The highest BCUT2D eigenvalue weighted by atomic mass is 16.5. The van der Waals surface area contributed by atoms with Gasteiger partial charge >= 0.3 is 0 Å². The highest BCUT2D eigenvalue weighted by Crippen LogP contribution is 2.38. The van der Waals surface area contributed by atoms with Gasteiger partial charge in [0.2, 0.25) is 5.78 Å². The van der Waals surface area contributed by atoms with Crippen molar-refractivity contribution in [2.24, 2.45) is 0 Å². The highest BCUT2D eigenvalue weighted by molar-refractivity contribution is 6.46. The first-order valence-electron chi connectivity index (χ1n) is 11.4. The number of hydrogen-bond acceptors (Lipinski definition) is 4. The second-order valence-corrected chi connectivity index (χ2v) is 7.96. The summed E-state index contributed by atoms with van der Waals surface area (Å²) >= 11 is 0. The van der Waals surface area contributed by atoms with E-state index in [0.29, 0.717) is 25.3 Å². The molecule has 1 saturated heterocycles. The standard InChI is InChI=1S/C26H32N2O4/c1-4-18-32-21-14-12-19(13-15-21)23-22(24(29)20-10-8-7-9-11-20)25(30)26(31)28(23)17-16-27(5-2)6-3/h7-15,23,29H,4-6,16-18H2,1-3H3. The molecule has 6 nitrogen and oxygen atoms in total. The van der Waals surface area contributed by atoms with Gasteiger partial charge in [-0.15, -0.1) is 0 Å². The number of likely N-dealkylation sites (N-methyl/N-ethyl adjacent to an activating group) is 1. The first-order chi connectivity index (χ1) is 15.5. The molecule has 2 aromatic rings. The molecule has 0 bridgehead atoms. The molecule has 1 fully saturated rings. The van der Waals surface area contributed by atoms with Crippen LogP contribution in [0.5, 0.6) is 5.75 Å². The molecule has 0 spiro atoms. The third kappa shape index (κ3) is 5.02. The van der Waals surface area contributed by atoms with Gasteiger partial charge in [0, 0.05) is 5.57 Å². The molecule has 1 atom stereocenters. The van der Waals surface area contributed by atoms with Gasteiger partial charge in [-0.3, -0.25) is 9.59 Å². The Hall–Kier alpha value is -3.12. The van der Waals surface area contributed by atoms with Crippen molar-refractivity contribution in [2.45, 2.75) is 33.2 Å². The molecular weight excluding hydrogens is 404 g/mol. The fourth-order valence-electron chi connectivity index (χ4n) is 4.04. The van der Waals surface area contributed by atoms with Crippen LogP contribution >= 0.6 is 0 Å². The smallest absolute Gasteiger partial charge is 0.295 e. The Bertz CT molecular complexity index is 950. The molecule has 0 radical (unpaired) electrons. The molecule has 170 valence electrons. The zero-order valence-corrected chi connectivity index (χ0v) is 19.1. The summed E-state index contributed by atoms with van der Waals surface area (Å²) in [6.45, 7) is 9.83. The number of carbonyl (C=O) groups excluding carboxylic acids is 2. The Balaban J connectivity index is 2.03. The van der Waals surface area contributed by atoms with Crippen LogP contribution in [0.3, 0.4) is 0 Å².